The van der Waals surface area contributed by atoms with Gasteiger partial charge in [0.15, 0.2) is 0 Å². The van der Waals surface area contributed by atoms with Gasteiger partial charge in [0.2, 0.25) is 0 Å². The molecule has 1 aromatic heterocycles. The van der Waals surface area contributed by atoms with Crippen LogP contribution in [0.3, 0.4) is 0 Å². The molecule has 0 aliphatic carbocycles. The van der Waals surface area contributed by atoms with E-state index in [1.807, 2.05) is 6.07 Å². The van der Waals surface area contributed by atoms with E-state index in [0.29, 0.717) is 21.4 Å². The molecule has 6 heteroatoms. The number of amidine groups is 1. The highest BCUT2D eigenvalue weighted by Gasteiger charge is 2.11. The number of nitrogens with one attached hydrogen (secondary N) is 1. The zero-order valence-electron chi connectivity index (χ0n) is 10.2. The number of benzene rings is 1. The summed E-state index contributed by atoms with van der Waals surface area (Å²) in [6.45, 7) is 0. The second-order valence-corrected chi connectivity index (χ2v) is 5.11. The maximum absolute atomic E-state index is 7.59. The van der Waals surface area contributed by atoms with Crippen LogP contribution in [0.2, 0.25) is 5.02 Å². The molecule has 0 unspecified atom stereocenters. The van der Waals surface area contributed by atoms with Gasteiger partial charge in [-0.05, 0) is 30.3 Å². The molecule has 1 heterocycles. The third kappa shape index (κ3) is 3.19. The number of nitrogens with two attached hydrogens (primary N) is 1. The first-order chi connectivity index (χ1) is 9.11. The Morgan fingerprint density at radius 1 is 1.42 bits per heavy atom. The Morgan fingerprint density at radius 3 is 2.84 bits per heavy atom. The van der Waals surface area contributed by atoms with Crippen molar-refractivity contribution in [1.29, 1.82) is 5.41 Å². The van der Waals surface area contributed by atoms with Crippen LogP contribution in [-0.4, -0.2) is 17.9 Å². The van der Waals surface area contributed by atoms with E-state index in [4.69, 9.17) is 27.5 Å². The SMILES string of the molecule is COc1ccc(C(=N)N)c(Sc2ncccc2Cl)c1. The Kier molecular flexibility index (Phi) is 4.29. The predicted molar refractivity (Wildman–Crippen MR) is 77.4 cm³/mol. The Morgan fingerprint density at radius 2 is 2.21 bits per heavy atom. The predicted octanol–water partition coefficient (Wildman–Crippen LogP) is 3.18. The molecule has 0 spiro atoms. The van der Waals surface area contributed by atoms with Crippen LogP contribution < -0.4 is 10.5 Å². The average Bonchev–Trinajstić information content (AvgIpc) is 2.41. The molecule has 3 N–H and O–H groups in total. The van der Waals surface area contributed by atoms with E-state index in [-0.39, 0.29) is 5.84 Å². The number of hydrogen-bond acceptors (Lipinski definition) is 4. The summed E-state index contributed by atoms with van der Waals surface area (Å²) in [5.41, 5.74) is 6.21. The fraction of sp³-hybridized carbons (Fsp3) is 0.0769. The first-order valence-electron chi connectivity index (χ1n) is 5.42. The largest absolute Gasteiger partial charge is 0.497 e. The molecule has 0 saturated heterocycles. The van der Waals surface area contributed by atoms with Crippen molar-refractivity contribution in [3.63, 3.8) is 0 Å². The lowest BCUT2D eigenvalue weighted by atomic mass is 10.2. The topological polar surface area (TPSA) is 72.0 Å². The molecule has 0 atom stereocenters. The first-order valence-corrected chi connectivity index (χ1v) is 6.62. The third-order valence-corrected chi connectivity index (χ3v) is 3.90. The molecule has 1 aromatic carbocycles. The summed E-state index contributed by atoms with van der Waals surface area (Å²) in [7, 11) is 1.59. The Balaban J connectivity index is 2.43. The van der Waals surface area contributed by atoms with Crippen molar-refractivity contribution in [2.75, 3.05) is 7.11 Å². The van der Waals surface area contributed by atoms with Crippen molar-refractivity contribution in [2.24, 2.45) is 5.73 Å². The Hall–Kier alpha value is -1.72. The summed E-state index contributed by atoms with van der Waals surface area (Å²) in [5, 5.41) is 8.82. The smallest absolute Gasteiger partial charge is 0.123 e. The molecular weight excluding hydrogens is 282 g/mol. The second kappa shape index (κ2) is 5.95. The molecule has 0 radical (unpaired) electrons. The highest BCUT2D eigenvalue weighted by atomic mass is 35.5. The van der Waals surface area contributed by atoms with E-state index in [2.05, 4.69) is 4.98 Å². The lowest BCUT2D eigenvalue weighted by Crippen LogP contribution is -2.12. The molecule has 0 bridgehead atoms. The van der Waals surface area contributed by atoms with Crippen LogP contribution in [0.25, 0.3) is 0 Å². The highest BCUT2D eigenvalue weighted by Crippen LogP contribution is 2.35. The third-order valence-electron chi connectivity index (χ3n) is 2.41. The number of methoxy groups -OCH3 is 1. The van der Waals surface area contributed by atoms with Crippen LogP contribution in [-0.2, 0) is 0 Å². The first kappa shape index (κ1) is 13.7. The number of hydrogen-bond donors (Lipinski definition) is 2. The van der Waals surface area contributed by atoms with E-state index in [9.17, 15) is 0 Å². The number of rotatable bonds is 4. The lowest BCUT2D eigenvalue weighted by Gasteiger charge is -2.10. The normalized spacial score (nSPS) is 10.2. The van der Waals surface area contributed by atoms with Gasteiger partial charge in [0.25, 0.3) is 0 Å². The summed E-state index contributed by atoms with van der Waals surface area (Å²) < 4.78 is 5.18. The lowest BCUT2D eigenvalue weighted by molar-refractivity contribution is 0.413. The quantitative estimate of drug-likeness (QED) is 0.671. The molecule has 0 fully saturated rings. The van der Waals surface area contributed by atoms with Crippen molar-refractivity contribution in [3.05, 3.63) is 47.1 Å². The van der Waals surface area contributed by atoms with Crippen LogP contribution in [0.15, 0.2) is 46.5 Å². The molecule has 0 aliphatic rings. The average molecular weight is 294 g/mol. The van der Waals surface area contributed by atoms with Crippen LogP contribution in [0, 0.1) is 5.41 Å². The number of nitrogens with zero attached hydrogens (tertiary/aromatic N) is 1. The van der Waals surface area contributed by atoms with Gasteiger partial charge in [-0.25, -0.2) is 4.98 Å². The summed E-state index contributed by atoms with van der Waals surface area (Å²) >= 11 is 7.44. The van der Waals surface area contributed by atoms with Crippen molar-refractivity contribution < 1.29 is 4.74 Å². The summed E-state index contributed by atoms with van der Waals surface area (Å²) in [6, 6.07) is 8.86. The van der Waals surface area contributed by atoms with Gasteiger partial charge >= 0.3 is 0 Å². The van der Waals surface area contributed by atoms with Crippen LogP contribution in [0.4, 0.5) is 0 Å². The van der Waals surface area contributed by atoms with E-state index in [1.165, 1.54) is 11.8 Å². The molecule has 0 amide bonds. The zero-order valence-corrected chi connectivity index (χ0v) is 11.8. The summed E-state index contributed by atoms with van der Waals surface area (Å²) in [5.74, 6) is 0.691. The van der Waals surface area contributed by atoms with Gasteiger partial charge in [0.05, 0.1) is 12.1 Å². The minimum Gasteiger partial charge on any atom is -0.497 e. The number of aromatic nitrogens is 1. The van der Waals surface area contributed by atoms with Gasteiger partial charge in [-0.15, -0.1) is 0 Å². The Labute approximate surface area is 120 Å². The van der Waals surface area contributed by atoms with Gasteiger partial charge in [0.1, 0.15) is 16.6 Å². The maximum atomic E-state index is 7.59. The minimum atomic E-state index is -0.00259. The number of halogens is 1. The highest BCUT2D eigenvalue weighted by molar-refractivity contribution is 7.99. The molecule has 0 aliphatic heterocycles. The van der Waals surface area contributed by atoms with E-state index in [1.54, 1.807) is 37.6 Å². The van der Waals surface area contributed by atoms with Gasteiger partial charge in [-0.1, -0.05) is 23.4 Å². The number of nitrogen functional groups attached to an aromatic ring is 1. The zero-order chi connectivity index (χ0) is 13.8. The van der Waals surface area contributed by atoms with Gasteiger partial charge < -0.3 is 10.5 Å². The van der Waals surface area contributed by atoms with E-state index >= 15 is 0 Å². The van der Waals surface area contributed by atoms with E-state index < -0.39 is 0 Å². The van der Waals surface area contributed by atoms with Crippen molar-refractivity contribution >= 4 is 29.2 Å². The van der Waals surface area contributed by atoms with Crippen LogP contribution >= 0.6 is 23.4 Å². The molecule has 0 saturated carbocycles. The van der Waals surface area contributed by atoms with Crippen LogP contribution in [0.1, 0.15) is 5.56 Å². The monoisotopic (exact) mass is 293 g/mol. The van der Waals surface area contributed by atoms with Crippen molar-refractivity contribution in [3.8, 4) is 5.75 Å². The second-order valence-electron chi connectivity index (χ2n) is 3.67. The van der Waals surface area contributed by atoms with Crippen molar-refractivity contribution in [2.45, 2.75) is 9.92 Å². The molecule has 2 aromatic rings. The van der Waals surface area contributed by atoms with E-state index in [0.717, 1.165) is 4.90 Å². The summed E-state index contributed by atoms with van der Waals surface area (Å²) in [4.78, 5) is 4.99. The fourth-order valence-corrected chi connectivity index (χ4v) is 2.67. The number of ether oxygens (including phenoxy) is 1. The maximum Gasteiger partial charge on any atom is 0.123 e. The van der Waals surface area contributed by atoms with Gasteiger partial charge in [0, 0.05) is 16.7 Å². The standard InChI is InChI=1S/C13H12ClN3OS/c1-18-8-4-5-9(12(15)16)11(7-8)19-13-10(14)3-2-6-17-13/h2-7H,1H3,(H3,15,16). The van der Waals surface area contributed by atoms with Gasteiger partial charge in [-0.2, -0.15) is 0 Å². The minimum absolute atomic E-state index is 0.00259. The molecule has 98 valence electrons. The number of pyridine rings is 1. The molecule has 4 nitrogen and oxygen atoms in total. The fourth-order valence-electron chi connectivity index (χ4n) is 1.49. The van der Waals surface area contributed by atoms with Gasteiger partial charge in [-0.3, -0.25) is 5.41 Å². The summed E-state index contributed by atoms with van der Waals surface area (Å²) in [6.07, 6.45) is 1.67. The molecule has 2 rings (SSSR count). The van der Waals surface area contributed by atoms with Crippen LogP contribution in [0.5, 0.6) is 5.75 Å². The molecule has 19 heavy (non-hydrogen) atoms. The molecular formula is C13H12ClN3OS. The van der Waals surface area contributed by atoms with Crippen molar-refractivity contribution in [1.82, 2.24) is 4.98 Å². The Bertz CT molecular complexity index is 619.